The maximum Gasteiger partial charge on any atom is 0.326 e. The number of rotatable bonds is 7. The lowest BCUT2D eigenvalue weighted by Gasteiger charge is -2.26. The van der Waals surface area contributed by atoms with E-state index in [4.69, 9.17) is 10.8 Å². The lowest BCUT2D eigenvalue weighted by atomic mass is 10.2. The molecule has 0 aromatic rings. The van der Waals surface area contributed by atoms with E-state index in [0.717, 1.165) is 0 Å². The van der Waals surface area contributed by atoms with E-state index in [1.807, 2.05) is 0 Å². The Morgan fingerprint density at radius 1 is 1.25 bits per heavy atom. The molecule has 0 aromatic heterocycles. The van der Waals surface area contributed by atoms with Gasteiger partial charge in [-0.2, -0.15) is 12.6 Å². The van der Waals surface area contributed by atoms with Gasteiger partial charge in [-0.1, -0.05) is 0 Å². The second kappa shape index (κ2) is 8.88. The average Bonchev–Trinajstić information content (AvgIpc) is 3.00. The van der Waals surface area contributed by atoms with Crippen molar-refractivity contribution < 1.29 is 24.3 Å². The fourth-order valence-electron chi connectivity index (χ4n) is 2.41. The minimum absolute atomic E-state index is 0.0344. The van der Waals surface area contributed by atoms with Gasteiger partial charge in [0.2, 0.25) is 17.7 Å². The predicted octanol–water partition coefficient (Wildman–Crippen LogP) is -1.67. The van der Waals surface area contributed by atoms with Crippen LogP contribution in [0.25, 0.3) is 0 Å². The standard InChI is InChI=1S/C14H24N4O5S/c1-7(15)11(19)17-9(6-24)12(20)16-8(2)13(21)18-5-3-4-10(18)14(22)23/h7-10,24H,3-6,15H2,1-2H3,(H,16,20)(H,17,19)(H,22,23). The Bertz CT molecular complexity index is 513. The summed E-state index contributed by atoms with van der Waals surface area (Å²) in [5.41, 5.74) is 5.43. The van der Waals surface area contributed by atoms with E-state index >= 15 is 0 Å². The first-order valence-electron chi connectivity index (χ1n) is 7.69. The maximum absolute atomic E-state index is 12.4. The number of carboxylic acids is 1. The van der Waals surface area contributed by atoms with Gasteiger partial charge in [0.1, 0.15) is 18.1 Å². The molecule has 0 saturated carbocycles. The van der Waals surface area contributed by atoms with Crippen molar-refractivity contribution in [3.8, 4) is 0 Å². The minimum atomic E-state index is -1.06. The molecule has 1 saturated heterocycles. The van der Waals surface area contributed by atoms with Crippen molar-refractivity contribution in [1.82, 2.24) is 15.5 Å². The molecule has 4 atom stereocenters. The highest BCUT2D eigenvalue weighted by Gasteiger charge is 2.36. The van der Waals surface area contributed by atoms with Gasteiger partial charge in [0.05, 0.1) is 6.04 Å². The number of nitrogens with two attached hydrogens (primary N) is 1. The zero-order valence-corrected chi connectivity index (χ0v) is 14.6. The summed E-state index contributed by atoms with van der Waals surface area (Å²) in [5.74, 6) is -2.58. The third-order valence-corrected chi connectivity index (χ3v) is 4.14. The van der Waals surface area contributed by atoms with Crippen LogP contribution in [0.15, 0.2) is 0 Å². The first kappa shape index (κ1) is 20.2. The van der Waals surface area contributed by atoms with Crippen LogP contribution in [0.5, 0.6) is 0 Å². The highest BCUT2D eigenvalue weighted by molar-refractivity contribution is 7.80. The predicted molar refractivity (Wildman–Crippen MR) is 89.4 cm³/mol. The molecule has 1 aliphatic rings. The lowest BCUT2D eigenvalue weighted by molar-refractivity contribution is -0.149. The minimum Gasteiger partial charge on any atom is -0.480 e. The molecule has 5 N–H and O–H groups in total. The van der Waals surface area contributed by atoms with Crippen LogP contribution < -0.4 is 16.4 Å². The third kappa shape index (κ3) is 5.10. The van der Waals surface area contributed by atoms with E-state index < -0.39 is 47.9 Å². The molecule has 0 bridgehead atoms. The average molecular weight is 360 g/mol. The van der Waals surface area contributed by atoms with Crippen molar-refractivity contribution in [2.24, 2.45) is 5.73 Å². The van der Waals surface area contributed by atoms with Crippen LogP contribution in [0.4, 0.5) is 0 Å². The molecule has 0 aromatic carbocycles. The first-order chi connectivity index (χ1) is 11.2. The number of likely N-dealkylation sites (tertiary alicyclic amines) is 1. The van der Waals surface area contributed by atoms with Crippen molar-refractivity contribution in [2.75, 3.05) is 12.3 Å². The monoisotopic (exact) mass is 360 g/mol. The summed E-state index contributed by atoms with van der Waals surface area (Å²) in [6.07, 6.45) is 0.999. The van der Waals surface area contributed by atoms with Gasteiger partial charge in [-0.3, -0.25) is 14.4 Å². The second-order valence-electron chi connectivity index (χ2n) is 5.79. The van der Waals surface area contributed by atoms with Gasteiger partial charge < -0.3 is 26.4 Å². The molecule has 136 valence electrons. The second-order valence-corrected chi connectivity index (χ2v) is 6.16. The zero-order valence-electron chi connectivity index (χ0n) is 13.7. The van der Waals surface area contributed by atoms with Crippen LogP contribution in [0.3, 0.4) is 0 Å². The van der Waals surface area contributed by atoms with Crippen molar-refractivity contribution in [3.05, 3.63) is 0 Å². The summed E-state index contributed by atoms with van der Waals surface area (Å²) < 4.78 is 0. The molecular weight excluding hydrogens is 336 g/mol. The Kier molecular flexibility index (Phi) is 7.49. The van der Waals surface area contributed by atoms with E-state index in [0.29, 0.717) is 19.4 Å². The number of carbonyl (C=O) groups excluding carboxylic acids is 3. The van der Waals surface area contributed by atoms with E-state index in [9.17, 15) is 19.2 Å². The van der Waals surface area contributed by atoms with Crippen molar-refractivity contribution in [3.63, 3.8) is 0 Å². The number of carboxylic acid groups (broad SMARTS) is 1. The Labute approximate surface area is 145 Å². The number of amides is 3. The number of nitrogens with zero attached hydrogens (tertiary/aromatic N) is 1. The van der Waals surface area contributed by atoms with Crippen LogP contribution in [0.2, 0.25) is 0 Å². The lowest BCUT2D eigenvalue weighted by Crippen LogP contribution is -2.56. The van der Waals surface area contributed by atoms with Gasteiger partial charge in [-0.05, 0) is 26.7 Å². The summed E-state index contributed by atoms with van der Waals surface area (Å²) in [4.78, 5) is 48.5. The number of carbonyl (C=O) groups is 4. The Hall–Kier alpha value is -1.81. The van der Waals surface area contributed by atoms with Crippen LogP contribution in [0, 0.1) is 0 Å². The summed E-state index contributed by atoms with van der Waals surface area (Å²) in [7, 11) is 0. The fourth-order valence-corrected chi connectivity index (χ4v) is 2.67. The van der Waals surface area contributed by atoms with Crippen molar-refractivity contribution >= 4 is 36.3 Å². The topological polar surface area (TPSA) is 142 Å². The van der Waals surface area contributed by atoms with Crippen LogP contribution >= 0.6 is 12.6 Å². The normalized spacial score (nSPS) is 20.8. The van der Waals surface area contributed by atoms with Crippen molar-refractivity contribution in [1.29, 1.82) is 0 Å². The summed E-state index contributed by atoms with van der Waals surface area (Å²) in [6.45, 7) is 3.29. The third-order valence-electron chi connectivity index (χ3n) is 3.78. The molecule has 10 heteroatoms. The van der Waals surface area contributed by atoms with Crippen LogP contribution in [-0.4, -0.2) is 70.2 Å². The highest BCUT2D eigenvalue weighted by atomic mass is 32.1. The fraction of sp³-hybridized carbons (Fsp3) is 0.714. The zero-order chi connectivity index (χ0) is 18.4. The Morgan fingerprint density at radius 3 is 2.38 bits per heavy atom. The summed E-state index contributed by atoms with van der Waals surface area (Å²) >= 11 is 4.01. The molecule has 24 heavy (non-hydrogen) atoms. The van der Waals surface area contributed by atoms with Crippen molar-refractivity contribution in [2.45, 2.75) is 50.9 Å². The smallest absolute Gasteiger partial charge is 0.326 e. The van der Waals surface area contributed by atoms with Crippen LogP contribution in [-0.2, 0) is 19.2 Å². The van der Waals surface area contributed by atoms with Gasteiger partial charge >= 0.3 is 5.97 Å². The molecule has 1 rings (SSSR count). The van der Waals surface area contributed by atoms with Gasteiger partial charge in [0.25, 0.3) is 0 Å². The van der Waals surface area contributed by atoms with E-state index in [1.165, 1.54) is 18.7 Å². The van der Waals surface area contributed by atoms with E-state index in [1.54, 1.807) is 0 Å². The van der Waals surface area contributed by atoms with Crippen LogP contribution in [0.1, 0.15) is 26.7 Å². The van der Waals surface area contributed by atoms with Gasteiger partial charge in [-0.15, -0.1) is 0 Å². The molecule has 0 aliphatic carbocycles. The maximum atomic E-state index is 12.4. The Morgan fingerprint density at radius 2 is 1.88 bits per heavy atom. The molecule has 3 amide bonds. The van der Waals surface area contributed by atoms with Gasteiger partial charge in [0.15, 0.2) is 0 Å². The number of aliphatic carboxylic acids is 1. The van der Waals surface area contributed by atoms with E-state index in [-0.39, 0.29) is 5.75 Å². The Balaban J connectivity index is 2.66. The van der Waals surface area contributed by atoms with Gasteiger partial charge in [0, 0.05) is 12.3 Å². The quantitative estimate of drug-likeness (QED) is 0.344. The highest BCUT2D eigenvalue weighted by Crippen LogP contribution is 2.18. The summed E-state index contributed by atoms with van der Waals surface area (Å²) in [5, 5.41) is 14.0. The molecule has 9 nitrogen and oxygen atoms in total. The molecule has 1 fully saturated rings. The number of nitrogens with one attached hydrogen (secondary N) is 2. The molecule has 0 radical (unpaired) electrons. The SMILES string of the molecule is CC(N)C(=O)NC(CS)C(=O)NC(C)C(=O)N1CCCC1C(=O)O. The molecule has 0 spiro atoms. The number of hydrogen-bond donors (Lipinski definition) is 5. The first-order valence-corrected chi connectivity index (χ1v) is 8.32. The number of thiol groups is 1. The largest absolute Gasteiger partial charge is 0.480 e. The molecule has 1 heterocycles. The van der Waals surface area contributed by atoms with Gasteiger partial charge in [-0.25, -0.2) is 4.79 Å². The number of hydrogen-bond acceptors (Lipinski definition) is 6. The summed E-state index contributed by atoms with van der Waals surface area (Å²) in [6, 6.07) is -3.49. The molecule has 4 unspecified atom stereocenters. The van der Waals surface area contributed by atoms with E-state index in [2.05, 4.69) is 23.3 Å². The molecule has 1 aliphatic heterocycles. The molecular formula is C14H24N4O5S.